The monoisotopic (exact) mass is 402 g/mol. The van der Waals surface area contributed by atoms with Gasteiger partial charge in [0, 0.05) is 29.3 Å². The summed E-state index contributed by atoms with van der Waals surface area (Å²) >= 11 is 5.85. The quantitative estimate of drug-likeness (QED) is 0.261. The van der Waals surface area contributed by atoms with Crippen molar-refractivity contribution in [2.45, 2.75) is 6.04 Å². The Morgan fingerprint density at radius 2 is 1.86 bits per heavy atom. The Labute approximate surface area is 164 Å². The summed E-state index contributed by atoms with van der Waals surface area (Å²) in [5.74, 6) is -2.26. The number of carbonyl (C=O) groups excluding carboxylic acids is 2. The van der Waals surface area contributed by atoms with Crippen molar-refractivity contribution in [3.05, 3.63) is 80.4 Å². The fourth-order valence-corrected chi connectivity index (χ4v) is 3.26. The van der Waals surface area contributed by atoms with Crippen molar-refractivity contribution >= 4 is 34.7 Å². The molecular formula is C19H15ClN2O6. The average Bonchev–Trinajstić information content (AvgIpc) is 2.93. The number of nitro groups is 1. The minimum absolute atomic E-state index is 0.171. The molecule has 2 aromatic rings. The minimum atomic E-state index is -1.07. The van der Waals surface area contributed by atoms with Gasteiger partial charge in [-0.3, -0.25) is 19.7 Å². The van der Waals surface area contributed by atoms with Gasteiger partial charge in [-0.15, -0.1) is 0 Å². The number of non-ortho nitro benzene ring substituents is 1. The molecule has 2 aromatic carbocycles. The number of Topliss-reactive ketones (excluding diaryl/α,β-unsaturated/α-hetero) is 1. The van der Waals surface area contributed by atoms with E-state index in [0.717, 1.165) is 4.90 Å². The maximum absolute atomic E-state index is 12.6. The van der Waals surface area contributed by atoms with E-state index >= 15 is 0 Å². The number of nitrogens with zero attached hydrogens (tertiary/aromatic N) is 2. The van der Waals surface area contributed by atoms with Gasteiger partial charge in [0.05, 0.1) is 23.1 Å². The summed E-state index contributed by atoms with van der Waals surface area (Å²) in [5.41, 5.74) is 0.110. The third-order valence-electron chi connectivity index (χ3n) is 4.40. The standard InChI is InChI=1S/C19H15ClN2O6/c20-13-6-4-11(5-7-13)17(24)15-16(21(8-9-23)19(26)18(15)25)12-2-1-3-14(10-12)22(27)28/h1-7,10,16,23-24H,8-9H2/b17-15+. The number of aliphatic hydroxyl groups excluding tert-OH is 2. The summed E-state index contributed by atoms with van der Waals surface area (Å²) in [6, 6.07) is 10.4. The van der Waals surface area contributed by atoms with E-state index in [2.05, 4.69) is 0 Å². The number of likely N-dealkylation sites (tertiary alicyclic amines) is 1. The highest BCUT2D eigenvalue weighted by Crippen LogP contribution is 2.40. The van der Waals surface area contributed by atoms with Crippen molar-refractivity contribution in [1.29, 1.82) is 0 Å². The Balaban J connectivity index is 2.20. The van der Waals surface area contributed by atoms with Crippen LogP contribution < -0.4 is 0 Å². The topological polar surface area (TPSA) is 121 Å². The van der Waals surface area contributed by atoms with E-state index in [-0.39, 0.29) is 28.9 Å². The van der Waals surface area contributed by atoms with Crippen molar-refractivity contribution in [3.63, 3.8) is 0 Å². The van der Waals surface area contributed by atoms with Crippen LogP contribution >= 0.6 is 11.6 Å². The minimum Gasteiger partial charge on any atom is -0.507 e. The largest absolute Gasteiger partial charge is 0.507 e. The molecule has 0 aromatic heterocycles. The third-order valence-corrected chi connectivity index (χ3v) is 4.65. The van der Waals surface area contributed by atoms with E-state index in [1.165, 1.54) is 48.5 Å². The summed E-state index contributed by atoms with van der Waals surface area (Å²) < 4.78 is 0. The molecule has 8 nitrogen and oxygen atoms in total. The molecule has 0 saturated carbocycles. The van der Waals surface area contributed by atoms with Gasteiger partial charge in [-0.05, 0) is 29.8 Å². The van der Waals surface area contributed by atoms with Crippen LogP contribution in [-0.4, -0.2) is 44.9 Å². The number of aliphatic hydroxyl groups is 2. The summed E-state index contributed by atoms with van der Waals surface area (Å²) in [7, 11) is 0. The van der Waals surface area contributed by atoms with Gasteiger partial charge in [-0.2, -0.15) is 0 Å². The number of halogens is 1. The van der Waals surface area contributed by atoms with Crippen LogP contribution in [0.25, 0.3) is 5.76 Å². The molecule has 1 aliphatic heterocycles. The van der Waals surface area contributed by atoms with E-state index in [4.69, 9.17) is 11.6 Å². The molecular weight excluding hydrogens is 388 g/mol. The lowest BCUT2D eigenvalue weighted by atomic mass is 9.95. The number of carbonyl (C=O) groups is 2. The third kappa shape index (κ3) is 3.47. The van der Waals surface area contributed by atoms with Gasteiger partial charge in [0.1, 0.15) is 5.76 Å². The molecule has 1 unspecified atom stereocenters. The van der Waals surface area contributed by atoms with E-state index in [9.17, 15) is 29.9 Å². The number of ketones is 1. The highest BCUT2D eigenvalue weighted by molar-refractivity contribution is 6.46. The molecule has 9 heteroatoms. The van der Waals surface area contributed by atoms with Crippen LogP contribution in [0.2, 0.25) is 5.02 Å². The highest BCUT2D eigenvalue weighted by Gasteiger charge is 2.46. The van der Waals surface area contributed by atoms with E-state index in [1.54, 1.807) is 0 Å². The molecule has 0 bridgehead atoms. The predicted molar refractivity (Wildman–Crippen MR) is 101 cm³/mol. The number of nitro benzene ring substituents is 1. The second kappa shape index (κ2) is 7.79. The Morgan fingerprint density at radius 3 is 2.46 bits per heavy atom. The van der Waals surface area contributed by atoms with Crippen LogP contribution in [0.15, 0.2) is 54.1 Å². The number of hydrogen-bond donors (Lipinski definition) is 2. The normalized spacial score (nSPS) is 18.5. The molecule has 2 N–H and O–H groups in total. The van der Waals surface area contributed by atoms with Gasteiger partial charge in [-0.25, -0.2) is 0 Å². The van der Waals surface area contributed by atoms with Crippen LogP contribution in [0.1, 0.15) is 17.2 Å². The molecule has 0 radical (unpaired) electrons. The first-order valence-electron chi connectivity index (χ1n) is 8.24. The molecule has 28 heavy (non-hydrogen) atoms. The number of hydrogen-bond acceptors (Lipinski definition) is 6. The van der Waals surface area contributed by atoms with Crippen LogP contribution in [0.5, 0.6) is 0 Å². The molecule has 0 spiro atoms. The fraction of sp³-hybridized carbons (Fsp3) is 0.158. The molecule has 1 saturated heterocycles. The molecule has 1 amide bonds. The van der Waals surface area contributed by atoms with Crippen molar-refractivity contribution in [1.82, 2.24) is 4.90 Å². The van der Waals surface area contributed by atoms with Crippen molar-refractivity contribution in [2.75, 3.05) is 13.2 Å². The van der Waals surface area contributed by atoms with Gasteiger partial charge in [0.2, 0.25) is 0 Å². The van der Waals surface area contributed by atoms with Gasteiger partial charge >= 0.3 is 0 Å². The van der Waals surface area contributed by atoms with Crippen molar-refractivity contribution in [3.8, 4) is 0 Å². The number of β-amino-alcohol motifs (C(OH)–C–C–N with tert-alkyl or cyclic N) is 1. The molecule has 1 fully saturated rings. The Bertz CT molecular complexity index is 986. The van der Waals surface area contributed by atoms with Gasteiger partial charge < -0.3 is 15.1 Å². The first-order valence-corrected chi connectivity index (χ1v) is 8.62. The Morgan fingerprint density at radius 1 is 1.18 bits per heavy atom. The Kier molecular flexibility index (Phi) is 5.43. The van der Waals surface area contributed by atoms with Crippen LogP contribution in [0, 0.1) is 10.1 Å². The van der Waals surface area contributed by atoms with E-state index in [1.807, 2.05) is 0 Å². The maximum atomic E-state index is 12.6. The second-order valence-electron chi connectivity index (χ2n) is 6.08. The Hall–Kier alpha value is -3.23. The molecule has 0 aliphatic carbocycles. The molecule has 1 heterocycles. The van der Waals surface area contributed by atoms with Crippen LogP contribution in [-0.2, 0) is 9.59 Å². The number of rotatable bonds is 5. The summed E-state index contributed by atoms with van der Waals surface area (Å²) in [5, 5.41) is 31.6. The summed E-state index contributed by atoms with van der Waals surface area (Å²) in [6.45, 7) is -0.589. The van der Waals surface area contributed by atoms with Gasteiger partial charge in [0.15, 0.2) is 0 Å². The van der Waals surface area contributed by atoms with E-state index < -0.39 is 35.0 Å². The van der Waals surface area contributed by atoms with Crippen LogP contribution in [0.4, 0.5) is 5.69 Å². The lowest BCUT2D eigenvalue weighted by Crippen LogP contribution is -2.32. The maximum Gasteiger partial charge on any atom is 0.295 e. The van der Waals surface area contributed by atoms with Gasteiger partial charge in [0.25, 0.3) is 17.4 Å². The first-order chi connectivity index (χ1) is 13.3. The zero-order valence-corrected chi connectivity index (χ0v) is 15.2. The SMILES string of the molecule is O=C1C(=O)N(CCO)C(c2cccc([N+](=O)[O-])c2)/C1=C(\O)c1ccc(Cl)cc1. The molecule has 3 rings (SSSR count). The molecule has 144 valence electrons. The smallest absolute Gasteiger partial charge is 0.295 e. The first kappa shape index (κ1) is 19.5. The predicted octanol–water partition coefficient (Wildman–Crippen LogP) is 2.66. The zero-order chi connectivity index (χ0) is 20.4. The molecule has 1 aliphatic rings. The summed E-state index contributed by atoms with van der Waals surface area (Å²) in [4.78, 5) is 36.7. The highest BCUT2D eigenvalue weighted by atomic mass is 35.5. The van der Waals surface area contributed by atoms with Gasteiger partial charge in [-0.1, -0.05) is 23.7 Å². The lowest BCUT2D eigenvalue weighted by molar-refractivity contribution is -0.384. The summed E-state index contributed by atoms with van der Waals surface area (Å²) in [6.07, 6.45) is 0. The fourth-order valence-electron chi connectivity index (χ4n) is 3.14. The lowest BCUT2D eigenvalue weighted by Gasteiger charge is -2.24. The van der Waals surface area contributed by atoms with Crippen molar-refractivity contribution < 1.29 is 24.7 Å². The van der Waals surface area contributed by atoms with E-state index in [0.29, 0.717) is 5.02 Å². The number of benzene rings is 2. The zero-order valence-electron chi connectivity index (χ0n) is 14.4. The second-order valence-corrected chi connectivity index (χ2v) is 6.51. The average molecular weight is 403 g/mol. The number of amides is 1. The van der Waals surface area contributed by atoms with Crippen molar-refractivity contribution in [2.24, 2.45) is 0 Å². The molecule has 1 atom stereocenters. The van der Waals surface area contributed by atoms with Crippen LogP contribution in [0.3, 0.4) is 0 Å².